The zero-order valence-electron chi connectivity index (χ0n) is 17.0. The van der Waals surface area contributed by atoms with E-state index in [0.717, 1.165) is 27.5 Å². The van der Waals surface area contributed by atoms with Crippen LogP contribution >= 0.6 is 11.3 Å². The van der Waals surface area contributed by atoms with Gasteiger partial charge in [-0.25, -0.2) is 9.97 Å². The predicted octanol–water partition coefficient (Wildman–Crippen LogP) is 4.93. The fourth-order valence-electron chi connectivity index (χ4n) is 3.05. The number of imidazole rings is 1. The fourth-order valence-corrected chi connectivity index (χ4v) is 4.08. The van der Waals surface area contributed by atoms with Crippen molar-refractivity contribution < 1.29 is 9.53 Å². The molecule has 0 bridgehead atoms. The number of hydrogen-bond donors (Lipinski definition) is 1. The summed E-state index contributed by atoms with van der Waals surface area (Å²) >= 11 is 1.40. The Kier molecular flexibility index (Phi) is 5.63. The summed E-state index contributed by atoms with van der Waals surface area (Å²) in [5.41, 5.74) is 2.83. The van der Waals surface area contributed by atoms with Crippen LogP contribution in [0.4, 0.5) is 5.13 Å². The van der Waals surface area contributed by atoms with Gasteiger partial charge in [-0.3, -0.25) is 10.1 Å². The molecule has 0 aliphatic carbocycles. The highest BCUT2D eigenvalue weighted by atomic mass is 32.1. The van der Waals surface area contributed by atoms with Gasteiger partial charge in [0.05, 0.1) is 10.6 Å². The van der Waals surface area contributed by atoms with Gasteiger partial charge in [0.25, 0.3) is 5.91 Å². The molecule has 0 saturated carbocycles. The highest BCUT2D eigenvalue weighted by Crippen LogP contribution is 2.38. The molecule has 152 valence electrons. The number of carbonyl (C=O) groups excluding carboxylic acids is 1. The van der Waals surface area contributed by atoms with Gasteiger partial charge in [0.2, 0.25) is 0 Å². The first-order valence-electron chi connectivity index (χ1n) is 9.59. The van der Waals surface area contributed by atoms with E-state index in [0.29, 0.717) is 10.9 Å². The minimum Gasteiger partial charge on any atom is -0.481 e. The third kappa shape index (κ3) is 4.26. The average Bonchev–Trinajstić information content (AvgIpc) is 3.34. The number of nitrogens with one attached hydrogen (secondary N) is 1. The molecule has 0 radical (unpaired) electrons. The van der Waals surface area contributed by atoms with Crippen molar-refractivity contribution in [3.8, 4) is 27.7 Å². The minimum absolute atomic E-state index is 0.253. The maximum Gasteiger partial charge on any atom is 0.266 e. The van der Waals surface area contributed by atoms with Crippen molar-refractivity contribution in [3.63, 3.8) is 0 Å². The summed E-state index contributed by atoms with van der Waals surface area (Å²) in [5, 5.41) is 3.41. The van der Waals surface area contributed by atoms with Crippen LogP contribution in [0.2, 0.25) is 0 Å². The van der Waals surface area contributed by atoms with Gasteiger partial charge in [-0.1, -0.05) is 53.8 Å². The first-order valence-corrected chi connectivity index (χ1v) is 10.4. The van der Waals surface area contributed by atoms with Crippen molar-refractivity contribution in [2.75, 3.05) is 5.32 Å². The lowest BCUT2D eigenvalue weighted by Gasteiger charge is -2.14. The third-order valence-corrected chi connectivity index (χ3v) is 5.57. The molecule has 0 aliphatic heterocycles. The average molecular weight is 419 g/mol. The van der Waals surface area contributed by atoms with E-state index in [2.05, 4.69) is 10.3 Å². The van der Waals surface area contributed by atoms with Gasteiger partial charge in [0.1, 0.15) is 5.75 Å². The lowest BCUT2D eigenvalue weighted by molar-refractivity contribution is -0.122. The minimum atomic E-state index is -0.660. The van der Waals surface area contributed by atoms with Crippen molar-refractivity contribution in [1.29, 1.82) is 0 Å². The molecule has 1 amide bonds. The van der Waals surface area contributed by atoms with Crippen LogP contribution in [0, 0.1) is 6.92 Å². The molecule has 4 aromatic rings. The normalized spacial score (nSPS) is 11.8. The Balaban J connectivity index is 1.59. The number of aryl methyl sites for hydroxylation is 2. The van der Waals surface area contributed by atoms with E-state index in [9.17, 15) is 4.79 Å². The number of rotatable bonds is 6. The molecule has 1 atom stereocenters. The number of thiazole rings is 1. The quantitative estimate of drug-likeness (QED) is 0.482. The predicted molar refractivity (Wildman–Crippen MR) is 120 cm³/mol. The zero-order valence-corrected chi connectivity index (χ0v) is 17.8. The molecule has 7 heteroatoms. The molecule has 30 heavy (non-hydrogen) atoms. The van der Waals surface area contributed by atoms with E-state index in [1.165, 1.54) is 11.3 Å². The van der Waals surface area contributed by atoms with Crippen LogP contribution in [-0.2, 0) is 11.8 Å². The largest absolute Gasteiger partial charge is 0.481 e. The van der Waals surface area contributed by atoms with Crippen molar-refractivity contribution in [3.05, 3.63) is 72.6 Å². The SMILES string of the molecule is Cc1cccc(OC(C)C(=O)Nc2nc(-c3ccccc3)c(-c3nccn3C)s2)c1. The molecule has 0 fully saturated rings. The smallest absolute Gasteiger partial charge is 0.266 e. The van der Waals surface area contributed by atoms with Gasteiger partial charge < -0.3 is 9.30 Å². The summed E-state index contributed by atoms with van der Waals surface area (Å²) < 4.78 is 7.73. The third-order valence-electron chi connectivity index (χ3n) is 4.60. The summed E-state index contributed by atoms with van der Waals surface area (Å²) in [5.74, 6) is 1.21. The highest BCUT2D eigenvalue weighted by molar-refractivity contribution is 7.19. The Morgan fingerprint density at radius 3 is 2.67 bits per heavy atom. The molecular formula is C23H22N4O2S. The lowest BCUT2D eigenvalue weighted by atomic mass is 10.1. The number of carbonyl (C=O) groups is 1. The molecule has 2 aromatic carbocycles. The number of hydrogen-bond acceptors (Lipinski definition) is 5. The molecule has 0 aliphatic rings. The van der Waals surface area contributed by atoms with Gasteiger partial charge in [-0.2, -0.15) is 0 Å². The Morgan fingerprint density at radius 2 is 1.97 bits per heavy atom. The maximum absolute atomic E-state index is 12.7. The molecule has 6 nitrogen and oxygen atoms in total. The molecule has 4 rings (SSSR count). The summed E-state index contributed by atoms with van der Waals surface area (Å²) in [6.45, 7) is 3.71. The van der Waals surface area contributed by atoms with Crippen molar-refractivity contribution >= 4 is 22.4 Å². The second-order valence-corrected chi connectivity index (χ2v) is 7.99. The van der Waals surface area contributed by atoms with Crippen LogP contribution in [-0.4, -0.2) is 26.5 Å². The van der Waals surface area contributed by atoms with Gasteiger partial charge >= 0.3 is 0 Å². The van der Waals surface area contributed by atoms with Crippen molar-refractivity contribution in [2.45, 2.75) is 20.0 Å². The Hall–Kier alpha value is -3.45. The molecular weight excluding hydrogens is 396 g/mol. The van der Waals surface area contributed by atoms with Gasteiger partial charge in [0.15, 0.2) is 17.1 Å². The summed E-state index contributed by atoms with van der Waals surface area (Å²) in [4.78, 5) is 22.8. The van der Waals surface area contributed by atoms with E-state index < -0.39 is 6.10 Å². The number of ether oxygens (including phenoxy) is 1. The molecule has 0 saturated heterocycles. The van der Waals surface area contributed by atoms with Crippen molar-refractivity contribution in [1.82, 2.24) is 14.5 Å². The van der Waals surface area contributed by atoms with Crippen LogP contribution in [0.1, 0.15) is 12.5 Å². The molecule has 2 aromatic heterocycles. The first-order chi connectivity index (χ1) is 14.5. The standard InChI is InChI=1S/C23H22N4O2S/c1-15-8-7-11-18(14-15)29-16(2)22(28)26-23-25-19(17-9-5-4-6-10-17)20(30-23)21-24-12-13-27(21)3/h4-14,16H,1-3H3,(H,25,26,28). The summed E-state index contributed by atoms with van der Waals surface area (Å²) in [6.07, 6.45) is 2.98. The molecule has 1 N–H and O–H groups in total. The zero-order chi connectivity index (χ0) is 21.1. The van der Waals surface area contributed by atoms with Crippen LogP contribution < -0.4 is 10.1 Å². The summed E-state index contributed by atoms with van der Waals surface area (Å²) in [6, 6.07) is 17.5. The van der Waals surface area contributed by atoms with Crippen LogP contribution in [0.3, 0.4) is 0 Å². The van der Waals surface area contributed by atoms with E-state index >= 15 is 0 Å². The molecule has 0 spiro atoms. The molecule has 2 heterocycles. The molecule has 1 unspecified atom stereocenters. The number of amides is 1. The number of nitrogens with zero attached hydrogens (tertiary/aromatic N) is 3. The van der Waals surface area contributed by atoms with Crippen LogP contribution in [0.15, 0.2) is 67.0 Å². The second kappa shape index (κ2) is 8.51. The van der Waals surface area contributed by atoms with E-state index in [1.54, 1.807) is 13.1 Å². The highest BCUT2D eigenvalue weighted by Gasteiger charge is 2.21. The second-order valence-electron chi connectivity index (χ2n) is 6.99. The van der Waals surface area contributed by atoms with E-state index in [4.69, 9.17) is 9.72 Å². The van der Waals surface area contributed by atoms with Gasteiger partial charge in [-0.05, 0) is 31.5 Å². The van der Waals surface area contributed by atoms with E-state index in [1.807, 2.05) is 79.3 Å². The topological polar surface area (TPSA) is 69.0 Å². The number of anilines is 1. The fraction of sp³-hybridized carbons (Fsp3) is 0.174. The van der Waals surface area contributed by atoms with E-state index in [-0.39, 0.29) is 5.91 Å². The Bertz CT molecular complexity index is 1170. The number of benzene rings is 2. The van der Waals surface area contributed by atoms with Gasteiger partial charge in [0, 0.05) is 25.0 Å². The first kappa shape index (κ1) is 19.8. The van der Waals surface area contributed by atoms with Crippen molar-refractivity contribution in [2.24, 2.45) is 7.05 Å². The Morgan fingerprint density at radius 1 is 1.17 bits per heavy atom. The van der Waals surface area contributed by atoms with Gasteiger partial charge in [-0.15, -0.1) is 0 Å². The van der Waals surface area contributed by atoms with Crippen LogP contribution in [0.25, 0.3) is 22.0 Å². The number of aromatic nitrogens is 3. The Labute approximate surface area is 179 Å². The van der Waals surface area contributed by atoms with Crippen LogP contribution in [0.5, 0.6) is 5.75 Å². The maximum atomic E-state index is 12.7. The lowest BCUT2D eigenvalue weighted by Crippen LogP contribution is -2.30. The summed E-state index contributed by atoms with van der Waals surface area (Å²) in [7, 11) is 1.94. The monoisotopic (exact) mass is 418 g/mol.